The lowest BCUT2D eigenvalue weighted by atomic mass is 10.0. The molecule has 0 aromatic heterocycles. The Hall–Kier alpha value is -2.34. The van der Waals surface area contributed by atoms with Crippen molar-refractivity contribution in [1.82, 2.24) is 4.90 Å². The first-order valence-corrected chi connectivity index (χ1v) is 8.60. The van der Waals surface area contributed by atoms with E-state index in [0.717, 1.165) is 30.5 Å². The molecule has 0 spiro atoms. The van der Waals surface area contributed by atoms with Gasteiger partial charge in [-0.05, 0) is 55.2 Å². The fraction of sp³-hybridized carbons (Fsp3) is 0.350. The lowest BCUT2D eigenvalue weighted by molar-refractivity contribution is -0.137. The van der Waals surface area contributed by atoms with Gasteiger partial charge in [0.2, 0.25) is 0 Å². The summed E-state index contributed by atoms with van der Waals surface area (Å²) in [6.45, 7) is 2.17. The normalized spacial score (nSPS) is 15.6. The summed E-state index contributed by atoms with van der Waals surface area (Å²) in [5, 5.41) is 0. The fourth-order valence-electron chi connectivity index (χ4n) is 3.08. The summed E-state index contributed by atoms with van der Waals surface area (Å²) in [6, 6.07) is 11.9. The average Bonchev–Trinajstić information content (AvgIpc) is 3.46. The quantitative estimate of drug-likeness (QED) is 0.849. The predicted molar refractivity (Wildman–Crippen MR) is 93.4 cm³/mol. The zero-order chi connectivity index (χ0) is 18.9. The van der Waals surface area contributed by atoms with Crippen molar-refractivity contribution < 1.29 is 18.0 Å². The third-order valence-corrected chi connectivity index (χ3v) is 4.72. The molecule has 1 saturated carbocycles. The summed E-state index contributed by atoms with van der Waals surface area (Å²) < 4.78 is 39.0. The van der Waals surface area contributed by atoms with Gasteiger partial charge in [0.1, 0.15) is 0 Å². The van der Waals surface area contributed by atoms with Crippen molar-refractivity contribution in [2.24, 2.45) is 5.73 Å². The van der Waals surface area contributed by atoms with Gasteiger partial charge in [-0.15, -0.1) is 0 Å². The third kappa shape index (κ3) is 3.90. The number of rotatable bonds is 5. The second kappa shape index (κ2) is 7.11. The number of hydrogen-bond acceptors (Lipinski definition) is 2. The molecule has 26 heavy (non-hydrogen) atoms. The van der Waals surface area contributed by atoms with Crippen molar-refractivity contribution in [2.45, 2.75) is 44.6 Å². The van der Waals surface area contributed by atoms with E-state index in [-0.39, 0.29) is 11.9 Å². The number of hydrogen-bond donors (Lipinski definition) is 1. The molecule has 0 saturated heterocycles. The Labute approximate surface area is 150 Å². The molecule has 2 aromatic carbocycles. The third-order valence-electron chi connectivity index (χ3n) is 4.72. The number of alkyl halides is 3. The Balaban J connectivity index is 1.89. The Morgan fingerprint density at radius 1 is 1.19 bits per heavy atom. The molecule has 138 valence electrons. The van der Waals surface area contributed by atoms with E-state index >= 15 is 0 Å². The number of amides is 1. The van der Waals surface area contributed by atoms with Crippen LogP contribution in [0.1, 0.15) is 52.9 Å². The van der Waals surface area contributed by atoms with E-state index in [4.69, 9.17) is 5.73 Å². The van der Waals surface area contributed by atoms with Crippen molar-refractivity contribution in [1.29, 1.82) is 0 Å². The molecule has 6 heteroatoms. The summed E-state index contributed by atoms with van der Waals surface area (Å²) in [4.78, 5) is 14.7. The first-order chi connectivity index (χ1) is 12.3. The van der Waals surface area contributed by atoms with E-state index < -0.39 is 17.8 Å². The maximum atomic E-state index is 13.0. The smallest absolute Gasteiger partial charge is 0.329 e. The van der Waals surface area contributed by atoms with Gasteiger partial charge in [0.25, 0.3) is 5.91 Å². The van der Waals surface area contributed by atoms with Gasteiger partial charge in [-0.25, -0.2) is 0 Å². The molecule has 1 fully saturated rings. The fourth-order valence-corrected chi connectivity index (χ4v) is 3.08. The molecular weight excluding hydrogens is 341 g/mol. The molecular formula is C20H21F3N2O. The first-order valence-electron chi connectivity index (χ1n) is 8.60. The molecule has 0 bridgehead atoms. The minimum atomic E-state index is -4.40. The van der Waals surface area contributed by atoms with Crippen LogP contribution in [-0.2, 0) is 12.7 Å². The second-order valence-corrected chi connectivity index (χ2v) is 6.64. The maximum Gasteiger partial charge on any atom is 0.416 e. The number of nitrogens with two attached hydrogens (primary N) is 1. The number of benzene rings is 2. The van der Waals surface area contributed by atoms with Crippen molar-refractivity contribution in [3.05, 3.63) is 70.8 Å². The lowest BCUT2D eigenvalue weighted by Gasteiger charge is -2.30. The highest BCUT2D eigenvalue weighted by atomic mass is 19.4. The Morgan fingerprint density at radius 2 is 1.85 bits per heavy atom. The Kier molecular flexibility index (Phi) is 5.05. The average molecular weight is 362 g/mol. The minimum Gasteiger partial charge on any atom is -0.329 e. The summed E-state index contributed by atoms with van der Waals surface area (Å²) in [6.07, 6.45) is -2.66. The van der Waals surface area contributed by atoms with Crippen LogP contribution in [0.2, 0.25) is 0 Å². The number of carbonyl (C=O) groups is 1. The van der Waals surface area contributed by atoms with Gasteiger partial charge in [0, 0.05) is 18.2 Å². The molecule has 0 heterocycles. The van der Waals surface area contributed by atoms with E-state index in [1.54, 1.807) is 42.2 Å². The van der Waals surface area contributed by atoms with Gasteiger partial charge in [-0.2, -0.15) is 13.2 Å². The summed E-state index contributed by atoms with van der Waals surface area (Å²) in [5.74, 6) is -0.166. The minimum absolute atomic E-state index is 0.0706. The molecule has 1 amide bonds. The van der Waals surface area contributed by atoms with E-state index in [1.807, 2.05) is 0 Å². The number of halogens is 3. The molecule has 3 nitrogen and oxygen atoms in total. The standard InChI is InChI=1S/C20H21F3N2O/c1-13(16-3-2-4-17(11-16)20(21,22)23)25(18-9-10-18)19(26)15-7-5-14(12-24)6-8-15/h2-8,11,13,18H,9-10,12,24H2,1H3. The number of carbonyl (C=O) groups excluding carboxylic acids is 1. The molecule has 1 aliphatic carbocycles. The van der Waals surface area contributed by atoms with Crippen LogP contribution in [0.5, 0.6) is 0 Å². The van der Waals surface area contributed by atoms with Crippen molar-refractivity contribution in [2.75, 3.05) is 0 Å². The largest absolute Gasteiger partial charge is 0.416 e. The van der Waals surface area contributed by atoms with Gasteiger partial charge in [-0.1, -0.05) is 24.3 Å². The van der Waals surface area contributed by atoms with Crippen LogP contribution in [0.15, 0.2) is 48.5 Å². The lowest BCUT2D eigenvalue weighted by Crippen LogP contribution is -2.35. The highest BCUT2D eigenvalue weighted by Gasteiger charge is 2.37. The van der Waals surface area contributed by atoms with Crippen LogP contribution in [0.25, 0.3) is 0 Å². The van der Waals surface area contributed by atoms with Crippen LogP contribution < -0.4 is 5.73 Å². The summed E-state index contributed by atoms with van der Waals surface area (Å²) in [5.41, 5.74) is 6.81. The zero-order valence-corrected chi connectivity index (χ0v) is 14.5. The Bertz CT molecular complexity index is 782. The van der Waals surface area contributed by atoms with Crippen LogP contribution in [0, 0.1) is 0 Å². The molecule has 1 unspecified atom stereocenters. The van der Waals surface area contributed by atoms with Crippen molar-refractivity contribution >= 4 is 5.91 Å². The van der Waals surface area contributed by atoms with E-state index in [9.17, 15) is 18.0 Å². The van der Waals surface area contributed by atoms with E-state index in [1.165, 1.54) is 6.07 Å². The van der Waals surface area contributed by atoms with Gasteiger partial charge in [0.05, 0.1) is 11.6 Å². The zero-order valence-electron chi connectivity index (χ0n) is 14.5. The molecule has 1 aliphatic rings. The predicted octanol–water partition coefficient (Wildman–Crippen LogP) is 4.53. The second-order valence-electron chi connectivity index (χ2n) is 6.64. The molecule has 2 aromatic rings. The topological polar surface area (TPSA) is 46.3 Å². The van der Waals surface area contributed by atoms with Crippen molar-refractivity contribution in [3.8, 4) is 0 Å². The SMILES string of the molecule is CC(c1cccc(C(F)(F)F)c1)N(C(=O)c1ccc(CN)cc1)C1CC1. The molecule has 0 radical (unpaired) electrons. The molecule has 0 aliphatic heterocycles. The van der Waals surface area contributed by atoms with Gasteiger partial charge in [-0.3, -0.25) is 4.79 Å². The van der Waals surface area contributed by atoms with Crippen molar-refractivity contribution in [3.63, 3.8) is 0 Å². The summed E-state index contributed by atoms with van der Waals surface area (Å²) >= 11 is 0. The van der Waals surface area contributed by atoms with Crippen LogP contribution in [0.3, 0.4) is 0 Å². The molecule has 3 rings (SSSR count). The van der Waals surface area contributed by atoms with E-state index in [0.29, 0.717) is 17.7 Å². The van der Waals surface area contributed by atoms with Gasteiger partial charge in [0.15, 0.2) is 0 Å². The van der Waals surface area contributed by atoms with Crippen LogP contribution in [0.4, 0.5) is 13.2 Å². The first kappa shape index (κ1) is 18.5. The number of nitrogens with zero attached hydrogens (tertiary/aromatic N) is 1. The van der Waals surface area contributed by atoms with E-state index in [2.05, 4.69) is 0 Å². The van der Waals surface area contributed by atoms with Crippen LogP contribution >= 0.6 is 0 Å². The monoisotopic (exact) mass is 362 g/mol. The summed E-state index contributed by atoms with van der Waals surface area (Å²) in [7, 11) is 0. The van der Waals surface area contributed by atoms with Crippen LogP contribution in [-0.4, -0.2) is 16.8 Å². The molecule has 2 N–H and O–H groups in total. The van der Waals surface area contributed by atoms with Gasteiger partial charge < -0.3 is 10.6 Å². The molecule has 1 atom stereocenters. The van der Waals surface area contributed by atoms with Gasteiger partial charge >= 0.3 is 6.18 Å². The highest BCUT2D eigenvalue weighted by Crippen LogP contribution is 2.37. The highest BCUT2D eigenvalue weighted by molar-refractivity contribution is 5.95. The Morgan fingerprint density at radius 3 is 2.38 bits per heavy atom. The maximum absolute atomic E-state index is 13.0.